The van der Waals surface area contributed by atoms with Gasteiger partial charge in [-0.2, -0.15) is 0 Å². The molecule has 2 rings (SSSR count). The Labute approximate surface area is 134 Å². The van der Waals surface area contributed by atoms with E-state index in [1.807, 2.05) is 11.0 Å². The van der Waals surface area contributed by atoms with Gasteiger partial charge in [0.25, 0.3) is 0 Å². The molecule has 1 N–H and O–H groups in total. The molecule has 1 saturated heterocycles. The Morgan fingerprint density at radius 3 is 2.64 bits per heavy atom. The lowest BCUT2D eigenvalue weighted by Crippen LogP contribution is -2.44. The van der Waals surface area contributed by atoms with Crippen LogP contribution in [-0.2, 0) is 9.59 Å². The third kappa shape index (κ3) is 5.56. The number of unbranched alkanes of at least 4 members (excludes halogenated alkanes) is 4. The van der Waals surface area contributed by atoms with Gasteiger partial charge in [-0.15, -0.1) is 6.58 Å². The van der Waals surface area contributed by atoms with Crippen LogP contribution in [0.25, 0.3) is 0 Å². The summed E-state index contributed by atoms with van der Waals surface area (Å²) in [5.41, 5.74) is 0. The van der Waals surface area contributed by atoms with E-state index in [-0.39, 0.29) is 17.7 Å². The molecule has 1 aliphatic carbocycles. The second kappa shape index (κ2) is 9.09. The van der Waals surface area contributed by atoms with Gasteiger partial charge in [-0.05, 0) is 44.9 Å². The van der Waals surface area contributed by atoms with Crippen molar-refractivity contribution in [1.82, 2.24) is 10.2 Å². The summed E-state index contributed by atoms with van der Waals surface area (Å²) >= 11 is 0. The molecule has 22 heavy (non-hydrogen) atoms. The first-order valence-corrected chi connectivity index (χ1v) is 8.89. The first-order chi connectivity index (χ1) is 10.7. The monoisotopic (exact) mass is 306 g/mol. The number of likely N-dealkylation sites (tertiary alicyclic amines) is 1. The minimum absolute atomic E-state index is 0.167. The molecule has 1 amide bonds. The molecule has 0 bridgehead atoms. The average Bonchev–Trinajstić information content (AvgIpc) is 3.22. The van der Waals surface area contributed by atoms with Crippen molar-refractivity contribution < 1.29 is 9.59 Å². The van der Waals surface area contributed by atoms with Gasteiger partial charge in [0.2, 0.25) is 5.91 Å². The molecule has 0 unspecified atom stereocenters. The maximum atomic E-state index is 12.3. The summed E-state index contributed by atoms with van der Waals surface area (Å²) in [5, 5.41) is 3.27. The van der Waals surface area contributed by atoms with E-state index in [2.05, 4.69) is 11.9 Å². The normalized spacial score (nSPS) is 21.1. The number of nitrogens with zero attached hydrogens (tertiary/aromatic N) is 1. The number of ketones is 1. The largest absolute Gasteiger partial charge is 0.333 e. The van der Waals surface area contributed by atoms with Crippen molar-refractivity contribution >= 4 is 11.7 Å². The number of hydrogen-bond donors (Lipinski definition) is 1. The Bertz CT molecular complexity index is 391. The molecule has 1 atom stereocenters. The van der Waals surface area contributed by atoms with Gasteiger partial charge in [0, 0.05) is 19.0 Å². The minimum atomic E-state index is -0.167. The minimum Gasteiger partial charge on any atom is -0.333 e. The van der Waals surface area contributed by atoms with Gasteiger partial charge in [-0.25, -0.2) is 0 Å². The van der Waals surface area contributed by atoms with E-state index in [0.717, 1.165) is 51.5 Å². The number of nitrogens with one attached hydrogen (secondary N) is 1. The number of carbonyl (C=O) groups excluding carboxylic acids is 2. The molecule has 4 nitrogen and oxygen atoms in total. The Morgan fingerprint density at radius 2 is 1.91 bits per heavy atom. The molecule has 0 aromatic heterocycles. The van der Waals surface area contributed by atoms with Crippen molar-refractivity contribution in [2.24, 2.45) is 0 Å². The Hall–Kier alpha value is -1.16. The van der Waals surface area contributed by atoms with Crippen molar-refractivity contribution in [3.05, 3.63) is 12.7 Å². The summed E-state index contributed by atoms with van der Waals surface area (Å²) in [4.78, 5) is 26.4. The van der Waals surface area contributed by atoms with Crippen LogP contribution in [0.2, 0.25) is 0 Å². The van der Waals surface area contributed by atoms with Crippen LogP contribution in [0.15, 0.2) is 12.7 Å². The van der Waals surface area contributed by atoms with Crippen LogP contribution in [0.3, 0.4) is 0 Å². The zero-order valence-electron chi connectivity index (χ0n) is 13.7. The van der Waals surface area contributed by atoms with Crippen LogP contribution >= 0.6 is 0 Å². The first kappa shape index (κ1) is 17.2. The average molecular weight is 306 g/mol. The summed E-state index contributed by atoms with van der Waals surface area (Å²) in [7, 11) is 0. The molecule has 1 saturated carbocycles. The predicted octanol–water partition coefficient (Wildman–Crippen LogP) is 2.83. The van der Waals surface area contributed by atoms with E-state index >= 15 is 0 Å². The van der Waals surface area contributed by atoms with Gasteiger partial charge in [0.1, 0.15) is 0 Å². The molecular formula is C18H30N2O2. The second-order valence-electron chi connectivity index (χ2n) is 6.61. The van der Waals surface area contributed by atoms with Crippen LogP contribution < -0.4 is 5.32 Å². The van der Waals surface area contributed by atoms with Gasteiger partial charge in [-0.1, -0.05) is 18.9 Å². The van der Waals surface area contributed by atoms with Crippen LogP contribution in [0.5, 0.6) is 0 Å². The third-order valence-electron chi connectivity index (χ3n) is 4.64. The van der Waals surface area contributed by atoms with Gasteiger partial charge in [0.15, 0.2) is 5.78 Å². The summed E-state index contributed by atoms with van der Waals surface area (Å²) < 4.78 is 0. The van der Waals surface area contributed by atoms with Gasteiger partial charge in [0.05, 0.1) is 12.6 Å². The molecule has 0 spiro atoms. The highest BCUT2D eigenvalue weighted by Crippen LogP contribution is 2.22. The SMILES string of the molecule is C=CCCCCCCC(=O)N1CCC[C@H]1C(=O)CNC1CC1. The lowest BCUT2D eigenvalue weighted by Gasteiger charge is -2.24. The molecule has 0 aromatic carbocycles. The lowest BCUT2D eigenvalue weighted by atomic mass is 10.1. The number of Topliss-reactive ketones (excluding diaryl/α,β-unsaturated/α-hetero) is 1. The lowest BCUT2D eigenvalue weighted by molar-refractivity contribution is -0.137. The van der Waals surface area contributed by atoms with Crippen molar-refractivity contribution in [2.45, 2.75) is 76.3 Å². The molecule has 0 radical (unpaired) electrons. The maximum Gasteiger partial charge on any atom is 0.223 e. The zero-order valence-corrected chi connectivity index (χ0v) is 13.7. The Balaban J connectivity index is 1.65. The van der Waals surface area contributed by atoms with E-state index in [0.29, 0.717) is 19.0 Å². The topological polar surface area (TPSA) is 49.4 Å². The molecule has 0 aromatic rings. The van der Waals surface area contributed by atoms with Crippen molar-refractivity contribution in [3.8, 4) is 0 Å². The van der Waals surface area contributed by atoms with E-state index in [1.165, 1.54) is 12.8 Å². The van der Waals surface area contributed by atoms with Crippen molar-refractivity contribution in [1.29, 1.82) is 0 Å². The highest BCUT2D eigenvalue weighted by atomic mass is 16.2. The zero-order chi connectivity index (χ0) is 15.8. The van der Waals surface area contributed by atoms with E-state index in [1.54, 1.807) is 0 Å². The number of rotatable bonds is 11. The Morgan fingerprint density at radius 1 is 1.14 bits per heavy atom. The molecule has 4 heteroatoms. The molecule has 1 aliphatic heterocycles. The quantitative estimate of drug-likeness (QED) is 0.472. The second-order valence-corrected chi connectivity index (χ2v) is 6.61. The fourth-order valence-corrected chi connectivity index (χ4v) is 3.11. The van der Waals surface area contributed by atoms with E-state index in [9.17, 15) is 9.59 Å². The summed E-state index contributed by atoms with van der Waals surface area (Å²) in [6.07, 6.45) is 12.1. The van der Waals surface area contributed by atoms with E-state index in [4.69, 9.17) is 0 Å². The standard InChI is InChI=1S/C18H30N2O2/c1-2-3-4-5-6-7-10-18(22)20-13-8-9-16(20)17(21)14-19-15-11-12-15/h2,15-16,19H,1,3-14H2/t16-/m0/s1. The fourth-order valence-electron chi connectivity index (χ4n) is 3.11. The van der Waals surface area contributed by atoms with Gasteiger partial charge >= 0.3 is 0 Å². The van der Waals surface area contributed by atoms with Crippen LogP contribution in [0.1, 0.15) is 64.2 Å². The number of carbonyl (C=O) groups is 2. The predicted molar refractivity (Wildman–Crippen MR) is 88.7 cm³/mol. The number of amides is 1. The van der Waals surface area contributed by atoms with Crippen molar-refractivity contribution in [3.63, 3.8) is 0 Å². The molecule has 2 aliphatic rings. The summed E-state index contributed by atoms with van der Waals surface area (Å²) in [6, 6.07) is 0.379. The Kier molecular flexibility index (Phi) is 7.10. The van der Waals surface area contributed by atoms with Crippen LogP contribution in [0, 0.1) is 0 Å². The van der Waals surface area contributed by atoms with E-state index < -0.39 is 0 Å². The smallest absolute Gasteiger partial charge is 0.223 e. The molecule has 1 heterocycles. The number of allylic oxidation sites excluding steroid dienone is 1. The highest BCUT2D eigenvalue weighted by Gasteiger charge is 2.33. The van der Waals surface area contributed by atoms with Crippen LogP contribution in [-0.4, -0.2) is 41.8 Å². The first-order valence-electron chi connectivity index (χ1n) is 8.89. The van der Waals surface area contributed by atoms with Crippen molar-refractivity contribution in [2.75, 3.05) is 13.1 Å². The molecule has 124 valence electrons. The summed E-state index contributed by atoms with van der Waals surface area (Å²) in [5.74, 6) is 0.370. The van der Waals surface area contributed by atoms with Crippen LogP contribution in [0.4, 0.5) is 0 Å². The molecule has 2 fully saturated rings. The maximum absolute atomic E-state index is 12.3. The highest BCUT2D eigenvalue weighted by molar-refractivity contribution is 5.90. The number of hydrogen-bond acceptors (Lipinski definition) is 3. The summed E-state index contributed by atoms with van der Waals surface area (Å²) in [6.45, 7) is 4.91. The third-order valence-corrected chi connectivity index (χ3v) is 4.64. The molecular weight excluding hydrogens is 276 g/mol. The van der Waals surface area contributed by atoms with Gasteiger partial charge < -0.3 is 10.2 Å². The van der Waals surface area contributed by atoms with Gasteiger partial charge in [-0.3, -0.25) is 9.59 Å². The fraction of sp³-hybridized carbons (Fsp3) is 0.778.